The normalized spacial score (nSPS) is 35.8. The Morgan fingerprint density at radius 2 is 2.18 bits per heavy atom. The maximum Gasteiger partial charge on any atom is 0.0921 e. The van der Waals surface area contributed by atoms with Crippen molar-refractivity contribution in [1.82, 2.24) is 9.97 Å². The van der Waals surface area contributed by atoms with Crippen LogP contribution in [0.4, 0.5) is 0 Å². The van der Waals surface area contributed by atoms with Crippen molar-refractivity contribution >= 4 is 0 Å². The van der Waals surface area contributed by atoms with Crippen molar-refractivity contribution in [3.05, 3.63) is 42.5 Å². The van der Waals surface area contributed by atoms with Gasteiger partial charge in [-0.25, -0.2) is 4.98 Å². The highest BCUT2D eigenvalue weighted by atomic mass is 14.9. The van der Waals surface area contributed by atoms with Crippen LogP contribution in [0.15, 0.2) is 36.8 Å². The van der Waals surface area contributed by atoms with Crippen molar-refractivity contribution in [2.45, 2.75) is 26.2 Å². The van der Waals surface area contributed by atoms with Crippen molar-refractivity contribution in [2.75, 3.05) is 0 Å². The van der Waals surface area contributed by atoms with Gasteiger partial charge in [0.2, 0.25) is 0 Å². The average molecular weight is 228 g/mol. The number of imidazole rings is 1. The number of aromatic amines is 1. The molecule has 1 fully saturated rings. The lowest BCUT2D eigenvalue weighted by Crippen LogP contribution is -2.31. The molecule has 1 aromatic rings. The van der Waals surface area contributed by atoms with Crippen LogP contribution in [0.3, 0.4) is 0 Å². The Morgan fingerprint density at radius 1 is 1.29 bits per heavy atom. The molecule has 1 N–H and O–H groups in total. The molecule has 90 valence electrons. The number of aromatic nitrogens is 2. The van der Waals surface area contributed by atoms with E-state index in [2.05, 4.69) is 41.2 Å². The van der Waals surface area contributed by atoms with Gasteiger partial charge in [0.25, 0.3) is 0 Å². The van der Waals surface area contributed by atoms with E-state index >= 15 is 0 Å². The Hall–Kier alpha value is -1.31. The highest BCUT2D eigenvalue weighted by molar-refractivity contribution is 5.16. The van der Waals surface area contributed by atoms with E-state index in [1.807, 2.05) is 6.20 Å². The Labute approximate surface area is 103 Å². The summed E-state index contributed by atoms with van der Waals surface area (Å²) in [5.74, 6) is 3.15. The van der Waals surface area contributed by atoms with Crippen molar-refractivity contribution in [1.29, 1.82) is 0 Å². The van der Waals surface area contributed by atoms with E-state index < -0.39 is 0 Å². The number of nitrogens with zero attached hydrogens (tertiary/aromatic N) is 1. The second-order valence-corrected chi connectivity index (χ2v) is 5.61. The van der Waals surface area contributed by atoms with Crippen LogP contribution in [0.2, 0.25) is 0 Å². The summed E-state index contributed by atoms with van der Waals surface area (Å²) in [5, 5.41) is 0. The van der Waals surface area contributed by atoms with Crippen LogP contribution in [0.1, 0.15) is 25.5 Å². The van der Waals surface area contributed by atoms with Gasteiger partial charge in [-0.3, -0.25) is 0 Å². The summed E-state index contributed by atoms with van der Waals surface area (Å²) >= 11 is 0. The third-order valence-electron chi connectivity index (χ3n) is 4.33. The molecule has 4 atom stereocenters. The lowest BCUT2D eigenvalue weighted by molar-refractivity contribution is 0.177. The van der Waals surface area contributed by atoms with Gasteiger partial charge in [0.15, 0.2) is 0 Å². The van der Waals surface area contributed by atoms with Gasteiger partial charge in [-0.15, -0.1) is 0 Å². The van der Waals surface area contributed by atoms with Gasteiger partial charge in [-0.05, 0) is 42.9 Å². The van der Waals surface area contributed by atoms with Gasteiger partial charge in [0.1, 0.15) is 0 Å². The molecule has 0 spiro atoms. The van der Waals surface area contributed by atoms with Crippen LogP contribution in [-0.2, 0) is 6.42 Å². The van der Waals surface area contributed by atoms with Crippen LogP contribution < -0.4 is 0 Å². The molecular weight excluding hydrogens is 208 g/mol. The molecule has 0 aliphatic heterocycles. The standard InChI is InChI=1S/C15H20N2/c1-11-6-12(8-14-9-16-10-17-14)7-13-4-2-3-5-15(11)13/h2-5,9-13,15H,6-8H2,1H3,(H,16,17). The number of hydrogen-bond donors (Lipinski definition) is 1. The average Bonchev–Trinajstić information content (AvgIpc) is 2.82. The molecular formula is C15H20N2. The summed E-state index contributed by atoms with van der Waals surface area (Å²) in [6.07, 6.45) is 16.8. The second-order valence-electron chi connectivity index (χ2n) is 5.61. The maximum atomic E-state index is 4.11. The third kappa shape index (κ3) is 2.21. The van der Waals surface area contributed by atoms with Crippen molar-refractivity contribution in [3.8, 4) is 0 Å². The zero-order valence-electron chi connectivity index (χ0n) is 10.3. The highest BCUT2D eigenvalue weighted by Gasteiger charge is 2.33. The molecule has 0 saturated heterocycles. The largest absolute Gasteiger partial charge is 0.348 e. The molecule has 1 heterocycles. The molecule has 2 aliphatic rings. The summed E-state index contributed by atoms with van der Waals surface area (Å²) in [4.78, 5) is 7.34. The quantitative estimate of drug-likeness (QED) is 0.826. The van der Waals surface area contributed by atoms with E-state index in [1.165, 1.54) is 18.5 Å². The third-order valence-corrected chi connectivity index (χ3v) is 4.33. The summed E-state index contributed by atoms with van der Waals surface area (Å²) in [7, 11) is 0. The lowest BCUT2D eigenvalue weighted by Gasteiger charge is -2.39. The summed E-state index contributed by atoms with van der Waals surface area (Å²) in [6.45, 7) is 2.40. The van der Waals surface area contributed by atoms with E-state index in [0.29, 0.717) is 0 Å². The smallest absolute Gasteiger partial charge is 0.0921 e. The van der Waals surface area contributed by atoms with Gasteiger partial charge in [0, 0.05) is 11.9 Å². The second kappa shape index (κ2) is 4.52. The number of fused-ring (bicyclic) bond motifs is 1. The minimum absolute atomic E-state index is 0.761. The molecule has 2 nitrogen and oxygen atoms in total. The Kier molecular flexibility index (Phi) is 2.87. The first-order chi connectivity index (χ1) is 8.33. The fourth-order valence-electron chi connectivity index (χ4n) is 3.56. The molecule has 2 heteroatoms. The summed E-state index contributed by atoms with van der Waals surface area (Å²) in [5.41, 5.74) is 1.29. The molecule has 1 aromatic heterocycles. The molecule has 0 radical (unpaired) electrons. The van der Waals surface area contributed by atoms with E-state index in [1.54, 1.807) is 6.33 Å². The monoisotopic (exact) mass is 228 g/mol. The number of allylic oxidation sites excluding steroid dienone is 4. The van der Waals surface area contributed by atoms with Crippen molar-refractivity contribution < 1.29 is 0 Å². The SMILES string of the molecule is CC1CC(Cc2cnc[nH]2)CC2C=CC=CC12. The topological polar surface area (TPSA) is 28.7 Å². The molecule has 0 aromatic carbocycles. The van der Waals surface area contributed by atoms with Gasteiger partial charge < -0.3 is 4.98 Å². The summed E-state index contributed by atoms with van der Waals surface area (Å²) in [6, 6.07) is 0. The first kappa shape index (κ1) is 10.8. The Bertz CT molecular complexity index is 416. The fourth-order valence-corrected chi connectivity index (χ4v) is 3.56. The number of hydrogen-bond acceptors (Lipinski definition) is 1. The van der Waals surface area contributed by atoms with E-state index in [9.17, 15) is 0 Å². The van der Waals surface area contributed by atoms with Crippen molar-refractivity contribution in [3.63, 3.8) is 0 Å². The Morgan fingerprint density at radius 3 is 3.00 bits per heavy atom. The highest BCUT2D eigenvalue weighted by Crippen LogP contribution is 2.41. The van der Waals surface area contributed by atoms with Gasteiger partial charge in [0.05, 0.1) is 6.33 Å². The molecule has 0 amide bonds. The molecule has 17 heavy (non-hydrogen) atoms. The number of rotatable bonds is 2. The summed E-state index contributed by atoms with van der Waals surface area (Å²) < 4.78 is 0. The van der Waals surface area contributed by atoms with E-state index in [0.717, 1.165) is 30.1 Å². The molecule has 3 rings (SSSR count). The molecule has 1 saturated carbocycles. The maximum absolute atomic E-state index is 4.11. The van der Waals surface area contributed by atoms with Gasteiger partial charge in [-0.1, -0.05) is 31.2 Å². The van der Waals surface area contributed by atoms with E-state index in [-0.39, 0.29) is 0 Å². The number of nitrogens with one attached hydrogen (secondary N) is 1. The van der Waals surface area contributed by atoms with Gasteiger partial charge in [-0.2, -0.15) is 0 Å². The van der Waals surface area contributed by atoms with E-state index in [4.69, 9.17) is 0 Å². The van der Waals surface area contributed by atoms with Crippen LogP contribution >= 0.6 is 0 Å². The van der Waals surface area contributed by atoms with Crippen molar-refractivity contribution in [2.24, 2.45) is 23.7 Å². The van der Waals surface area contributed by atoms with Crippen LogP contribution in [0.25, 0.3) is 0 Å². The molecule has 4 unspecified atom stereocenters. The molecule has 0 bridgehead atoms. The van der Waals surface area contributed by atoms with Gasteiger partial charge >= 0.3 is 0 Å². The van der Waals surface area contributed by atoms with Crippen LogP contribution in [-0.4, -0.2) is 9.97 Å². The zero-order valence-corrected chi connectivity index (χ0v) is 10.3. The first-order valence-electron chi connectivity index (χ1n) is 6.65. The zero-order chi connectivity index (χ0) is 11.7. The predicted molar refractivity (Wildman–Crippen MR) is 69.4 cm³/mol. The minimum atomic E-state index is 0.761. The van der Waals surface area contributed by atoms with Crippen LogP contribution in [0.5, 0.6) is 0 Å². The first-order valence-corrected chi connectivity index (χ1v) is 6.65. The number of H-pyrrole nitrogens is 1. The lowest BCUT2D eigenvalue weighted by atomic mass is 9.66. The fraction of sp³-hybridized carbons (Fsp3) is 0.533. The Balaban J connectivity index is 1.69. The molecule has 2 aliphatic carbocycles. The minimum Gasteiger partial charge on any atom is -0.348 e. The predicted octanol–water partition coefficient (Wildman–Crippen LogP) is 3.36. The van der Waals surface area contributed by atoms with Crippen LogP contribution in [0, 0.1) is 23.7 Å².